The molecule has 3 N–H and O–H groups in total. The van der Waals surface area contributed by atoms with Gasteiger partial charge in [-0.25, -0.2) is 0 Å². The average molecular weight is 360 g/mol. The highest BCUT2D eigenvalue weighted by atomic mass is 16.3. The molecule has 0 aromatic carbocycles. The van der Waals surface area contributed by atoms with Gasteiger partial charge in [0, 0.05) is 12.3 Å². The lowest BCUT2D eigenvalue weighted by Gasteiger charge is -2.56. The van der Waals surface area contributed by atoms with Crippen molar-refractivity contribution in [3.8, 4) is 0 Å². The Morgan fingerprint density at radius 1 is 1.23 bits per heavy atom. The van der Waals surface area contributed by atoms with Gasteiger partial charge in [-0.05, 0) is 98.1 Å². The molecular weight excluding hydrogens is 322 g/mol. The SMILES string of the molecule is CNC[C@H]1[C@@H]2CC[C@H](C)[C@]2(C)CC[C@@H]1[C@]1(C)Cc2cn[nH]c2C[C@@H]1CO. The molecule has 0 bridgehead atoms. The molecule has 7 atom stereocenters. The van der Waals surface area contributed by atoms with Crippen LogP contribution in [0.4, 0.5) is 0 Å². The number of nitrogens with zero attached hydrogens (tertiary/aromatic N) is 1. The number of nitrogens with one attached hydrogen (secondary N) is 2. The van der Waals surface area contributed by atoms with E-state index in [-0.39, 0.29) is 12.0 Å². The van der Waals surface area contributed by atoms with Gasteiger partial charge < -0.3 is 10.4 Å². The van der Waals surface area contributed by atoms with Crippen LogP contribution in [0, 0.1) is 40.4 Å². The molecule has 4 heteroatoms. The summed E-state index contributed by atoms with van der Waals surface area (Å²) in [5, 5.41) is 21.3. The van der Waals surface area contributed by atoms with E-state index in [4.69, 9.17) is 0 Å². The molecular formula is C22H37N3O. The molecule has 0 saturated heterocycles. The number of aliphatic hydroxyl groups is 1. The van der Waals surface area contributed by atoms with Crippen molar-refractivity contribution >= 4 is 0 Å². The van der Waals surface area contributed by atoms with E-state index in [1.54, 1.807) is 0 Å². The molecule has 0 amide bonds. The quantitative estimate of drug-likeness (QED) is 0.772. The number of hydrogen-bond acceptors (Lipinski definition) is 3. The summed E-state index contributed by atoms with van der Waals surface area (Å²) in [6.07, 6.45) is 9.48. The van der Waals surface area contributed by atoms with Crippen molar-refractivity contribution < 1.29 is 5.11 Å². The second-order valence-electron chi connectivity index (χ2n) is 10.1. The molecule has 2 saturated carbocycles. The molecule has 1 heterocycles. The summed E-state index contributed by atoms with van der Waals surface area (Å²) in [5.74, 6) is 3.41. The number of rotatable bonds is 4. The monoisotopic (exact) mass is 359 g/mol. The first-order valence-electron chi connectivity index (χ1n) is 10.7. The molecule has 0 aliphatic heterocycles. The Bertz CT molecular complexity index is 643. The normalized spacial score (nSPS) is 45.3. The third-order valence-corrected chi connectivity index (χ3v) is 9.18. The summed E-state index contributed by atoms with van der Waals surface area (Å²) in [7, 11) is 2.11. The Labute approximate surface area is 158 Å². The van der Waals surface area contributed by atoms with Crippen molar-refractivity contribution in [3.63, 3.8) is 0 Å². The van der Waals surface area contributed by atoms with Gasteiger partial charge in [-0.1, -0.05) is 20.8 Å². The maximum absolute atomic E-state index is 10.3. The van der Waals surface area contributed by atoms with E-state index in [0.717, 1.165) is 37.1 Å². The third kappa shape index (κ3) is 2.59. The van der Waals surface area contributed by atoms with E-state index < -0.39 is 0 Å². The lowest BCUT2D eigenvalue weighted by Crippen LogP contribution is -2.53. The Hall–Kier alpha value is -0.870. The number of fused-ring (bicyclic) bond motifs is 2. The maximum Gasteiger partial charge on any atom is 0.0522 e. The van der Waals surface area contributed by atoms with Crippen LogP contribution in [0.5, 0.6) is 0 Å². The largest absolute Gasteiger partial charge is 0.396 e. The van der Waals surface area contributed by atoms with Crippen molar-refractivity contribution in [1.82, 2.24) is 15.5 Å². The zero-order valence-corrected chi connectivity index (χ0v) is 17.0. The van der Waals surface area contributed by atoms with Crippen LogP contribution < -0.4 is 5.32 Å². The smallest absolute Gasteiger partial charge is 0.0522 e. The molecule has 0 spiro atoms. The fraction of sp³-hybridized carbons (Fsp3) is 0.864. The van der Waals surface area contributed by atoms with Crippen LogP contribution in [-0.2, 0) is 12.8 Å². The van der Waals surface area contributed by atoms with Gasteiger partial charge in [-0.2, -0.15) is 5.10 Å². The highest BCUT2D eigenvalue weighted by molar-refractivity contribution is 5.25. The van der Waals surface area contributed by atoms with Crippen molar-refractivity contribution in [2.45, 2.75) is 59.3 Å². The zero-order chi connectivity index (χ0) is 18.5. The fourth-order valence-corrected chi connectivity index (χ4v) is 7.30. The number of hydrogen-bond donors (Lipinski definition) is 3. The third-order valence-electron chi connectivity index (χ3n) is 9.18. The molecule has 4 rings (SSSR count). The highest BCUT2D eigenvalue weighted by Gasteiger charge is 2.57. The first-order valence-corrected chi connectivity index (χ1v) is 10.7. The van der Waals surface area contributed by atoms with Gasteiger partial charge >= 0.3 is 0 Å². The molecule has 26 heavy (non-hydrogen) atoms. The van der Waals surface area contributed by atoms with Gasteiger partial charge in [-0.3, -0.25) is 5.10 Å². The first kappa shape index (κ1) is 18.5. The van der Waals surface area contributed by atoms with Crippen molar-refractivity contribution in [1.29, 1.82) is 0 Å². The topological polar surface area (TPSA) is 60.9 Å². The van der Waals surface area contributed by atoms with Crippen LogP contribution in [0.3, 0.4) is 0 Å². The Kier molecular flexibility index (Phi) is 4.71. The summed E-state index contributed by atoms with van der Waals surface area (Å²) in [4.78, 5) is 0. The predicted octanol–water partition coefficient (Wildman–Crippen LogP) is 3.42. The van der Waals surface area contributed by atoms with E-state index in [0.29, 0.717) is 17.3 Å². The van der Waals surface area contributed by atoms with Gasteiger partial charge in [0.1, 0.15) is 0 Å². The van der Waals surface area contributed by atoms with Gasteiger partial charge in [0.2, 0.25) is 0 Å². The van der Waals surface area contributed by atoms with E-state index in [9.17, 15) is 5.11 Å². The maximum atomic E-state index is 10.3. The number of H-pyrrole nitrogens is 1. The van der Waals surface area contributed by atoms with Gasteiger partial charge in [0.05, 0.1) is 6.20 Å². The minimum absolute atomic E-state index is 0.167. The van der Waals surface area contributed by atoms with Crippen LogP contribution in [0.15, 0.2) is 6.20 Å². The van der Waals surface area contributed by atoms with Gasteiger partial charge in [-0.15, -0.1) is 0 Å². The van der Waals surface area contributed by atoms with E-state index >= 15 is 0 Å². The standard InChI is InChI=1S/C22H37N3O/c1-14-5-6-18-17(12-23-4)19(7-8-21(14,18)2)22(3)10-15-11-24-25-20(15)9-16(22)13-26/h11,14,16-19,23,26H,5-10,12-13H2,1-4H3,(H,24,25)/t14-,16+,17-,18-,19-,21-,22+/m0/s1. The second kappa shape index (κ2) is 6.63. The summed E-state index contributed by atoms with van der Waals surface area (Å²) in [6, 6.07) is 0. The minimum Gasteiger partial charge on any atom is -0.396 e. The van der Waals surface area contributed by atoms with Crippen molar-refractivity contribution in [2.75, 3.05) is 20.2 Å². The average Bonchev–Trinajstić information content (AvgIpc) is 3.18. The Balaban J connectivity index is 1.69. The number of aromatic nitrogens is 2. The lowest BCUT2D eigenvalue weighted by molar-refractivity contribution is -0.0709. The number of aliphatic hydroxyl groups excluding tert-OH is 1. The summed E-state index contributed by atoms with van der Waals surface area (Å²) in [5.41, 5.74) is 3.31. The first-order chi connectivity index (χ1) is 12.4. The van der Waals surface area contributed by atoms with E-state index in [1.807, 2.05) is 6.20 Å². The molecule has 146 valence electrons. The molecule has 3 aliphatic rings. The molecule has 0 unspecified atom stereocenters. The highest BCUT2D eigenvalue weighted by Crippen LogP contribution is 2.63. The summed E-state index contributed by atoms with van der Waals surface area (Å²) >= 11 is 0. The van der Waals surface area contributed by atoms with Crippen LogP contribution in [0.1, 0.15) is 57.7 Å². The Morgan fingerprint density at radius 3 is 2.73 bits per heavy atom. The van der Waals surface area contributed by atoms with Crippen LogP contribution >= 0.6 is 0 Å². The van der Waals surface area contributed by atoms with Gasteiger partial charge in [0.15, 0.2) is 0 Å². The summed E-state index contributed by atoms with van der Waals surface area (Å²) in [6.45, 7) is 8.92. The Morgan fingerprint density at radius 2 is 2.00 bits per heavy atom. The molecule has 1 aromatic rings. The zero-order valence-electron chi connectivity index (χ0n) is 17.0. The number of aromatic amines is 1. The van der Waals surface area contributed by atoms with Crippen molar-refractivity contribution in [3.05, 3.63) is 17.5 Å². The summed E-state index contributed by atoms with van der Waals surface area (Å²) < 4.78 is 0. The molecule has 2 fully saturated rings. The molecule has 3 aliphatic carbocycles. The lowest BCUT2D eigenvalue weighted by atomic mass is 9.49. The molecule has 4 nitrogen and oxygen atoms in total. The second-order valence-corrected chi connectivity index (χ2v) is 10.1. The van der Waals surface area contributed by atoms with Crippen molar-refractivity contribution in [2.24, 2.45) is 40.4 Å². The predicted molar refractivity (Wildman–Crippen MR) is 105 cm³/mol. The molecule has 0 radical (unpaired) electrons. The van der Waals surface area contributed by atoms with E-state index in [1.165, 1.54) is 36.9 Å². The van der Waals surface area contributed by atoms with E-state index in [2.05, 4.69) is 43.3 Å². The van der Waals surface area contributed by atoms with Crippen LogP contribution in [0.2, 0.25) is 0 Å². The van der Waals surface area contributed by atoms with Crippen LogP contribution in [-0.4, -0.2) is 35.5 Å². The minimum atomic E-state index is 0.167. The van der Waals surface area contributed by atoms with Gasteiger partial charge in [0.25, 0.3) is 0 Å². The molecule has 1 aromatic heterocycles. The van der Waals surface area contributed by atoms with Crippen LogP contribution in [0.25, 0.3) is 0 Å². The fourth-order valence-electron chi connectivity index (χ4n) is 7.30.